The summed E-state index contributed by atoms with van der Waals surface area (Å²) in [5.41, 5.74) is 4.59. The van der Waals surface area contributed by atoms with Gasteiger partial charge in [0.2, 0.25) is 0 Å². The summed E-state index contributed by atoms with van der Waals surface area (Å²) in [6, 6.07) is 3.74. The fourth-order valence-electron chi connectivity index (χ4n) is 3.21. The summed E-state index contributed by atoms with van der Waals surface area (Å²) in [5.74, 6) is 1.60. The average molecular weight is 367 g/mol. The number of aromatic nitrogens is 2. The van der Waals surface area contributed by atoms with Gasteiger partial charge in [0.15, 0.2) is 5.11 Å². The van der Waals surface area contributed by atoms with E-state index in [0.717, 1.165) is 41.4 Å². The van der Waals surface area contributed by atoms with Crippen molar-refractivity contribution in [1.29, 1.82) is 0 Å². The molecule has 2 bridgehead atoms. The van der Waals surface area contributed by atoms with Crippen LogP contribution in [0.4, 0.5) is 0 Å². The molecule has 1 aromatic heterocycles. The van der Waals surface area contributed by atoms with E-state index >= 15 is 0 Å². The SMILES string of the molecule is CC(=NNC(=S)N1CC2CCC(CC2)C1)c1cccnn1.[Cu+]. The van der Waals surface area contributed by atoms with Gasteiger partial charge in [-0.2, -0.15) is 10.2 Å². The van der Waals surface area contributed by atoms with Gasteiger partial charge in [0.05, 0.1) is 5.71 Å². The van der Waals surface area contributed by atoms with Gasteiger partial charge in [-0.3, -0.25) is 5.43 Å². The van der Waals surface area contributed by atoms with Crippen LogP contribution in [0.5, 0.6) is 0 Å². The second-order valence-corrected chi connectivity index (χ2v) is 6.40. The van der Waals surface area contributed by atoms with Gasteiger partial charge in [0.1, 0.15) is 5.69 Å². The molecule has 22 heavy (non-hydrogen) atoms. The Bertz CT molecular complexity index is 514. The molecule has 1 aromatic rings. The van der Waals surface area contributed by atoms with Crippen molar-refractivity contribution in [3.63, 3.8) is 0 Å². The van der Waals surface area contributed by atoms with Gasteiger partial charge in [0, 0.05) is 19.3 Å². The number of hydrogen-bond acceptors (Lipinski definition) is 4. The van der Waals surface area contributed by atoms with Crippen molar-refractivity contribution in [1.82, 2.24) is 20.5 Å². The topological polar surface area (TPSA) is 53.4 Å². The van der Waals surface area contributed by atoms with E-state index in [1.165, 1.54) is 25.7 Å². The third-order valence-electron chi connectivity index (χ3n) is 4.47. The van der Waals surface area contributed by atoms with Crippen LogP contribution in [-0.2, 0) is 17.1 Å². The molecular formula is C15H21CuN5S+. The molecule has 4 rings (SSSR count). The van der Waals surface area contributed by atoms with Gasteiger partial charge >= 0.3 is 17.1 Å². The third kappa shape index (κ3) is 4.24. The van der Waals surface area contributed by atoms with Crippen LogP contribution in [0.3, 0.4) is 0 Å². The molecule has 122 valence electrons. The van der Waals surface area contributed by atoms with Gasteiger partial charge < -0.3 is 4.90 Å². The van der Waals surface area contributed by atoms with E-state index in [9.17, 15) is 0 Å². The maximum absolute atomic E-state index is 5.51. The second kappa shape index (κ2) is 7.99. The molecule has 0 amide bonds. The normalized spacial score (nSPS) is 24.4. The number of rotatable bonds is 2. The van der Waals surface area contributed by atoms with Crippen LogP contribution in [0, 0.1) is 11.8 Å². The Balaban J connectivity index is 0.00000176. The molecular weight excluding hydrogens is 346 g/mol. The van der Waals surface area contributed by atoms with E-state index in [1.54, 1.807) is 6.20 Å². The molecule has 0 atom stereocenters. The van der Waals surface area contributed by atoms with Gasteiger partial charge in [0.25, 0.3) is 0 Å². The molecule has 5 nitrogen and oxygen atoms in total. The van der Waals surface area contributed by atoms with Crippen molar-refractivity contribution in [2.24, 2.45) is 16.9 Å². The zero-order valence-electron chi connectivity index (χ0n) is 12.6. The Labute approximate surface area is 147 Å². The first-order valence-corrected chi connectivity index (χ1v) is 8.00. The van der Waals surface area contributed by atoms with Crippen LogP contribution in [-0.4, -0.2) is 39.0 Å². The first-order valence-electron chi connectivity index (χ1n) is 7.59. The fraction of sp³-hybridized carbons (Fsp3) is 0.600. The molecule has 1 saturated carbocycles. The third-order valence-corrected chi connectivity index (χ3v) is 4.82. The van der Waals surface area contributed by atoms with Gasteiger partial charge in [-0.1, -0.05) is 0 Å². The molecule has 3 fully saturated rings. The van der Waals surface area contributed by atoms with E-state index in [1.807, 2.05) is 19.1 Å². The molecule has 0 unspecified atom stereocenters. The van der Waals surface area contributed by atoms with Crippen LogP contribution >= 0.6 is 12.2 Å². The van der Waals surface area contributed by atoms with Crippen LogP contribution in [0.2, 0.25) is 0 Å². The summed E-state index contributed by atoms with van der Waals surface area (Å²) in [6.45, 7) is 4.05. The second-order valence-electron chi connectivity index (χ2n) is 6.01. The number of thiocarbonyl (C=S) groups is 1. The Morgan fingerprint density at radius 3 is 2.45 bits per heavy atom. The molecule has 1 aliphatic carbocycles. The Morgan fingerprint density at radius 1 is 1.27 bits per heavy atom. The maximum Gasteiger partial charge on any atom is 1.00 e. The molecule has 2 aliphatic heterocycles. The van der Waals surface area contributed by atoms with Crippen LogP contribution < -0.4 is 5.43 Å². The van der Waals surface area contributed by atoms with Crippen molar-refractivity contribution >= 4 is 23.0 Å². The van der Waals surface area contributed by atoms with E-state index in [4.69, 9.17) is 12.2 Å². The van der Waals surface area contributed by atoms with Crippen molar-refractivity contribution in [2.75, 3.05) is 13.1 Å². The average Bonchev–Trinajstić information content (AvgIpc) is 2.87. The molecule has 3 aliphatic rings. The number of nitrogens with zero attached hydrogens (tertiary/aromatic N) is 4. The number of fused-ring (bicyclic) bond motifs is 4. The minimum atomic E-state index is 0. The summed E-state index contributed by atoms with van der Waals surface area (Å²) in [5, 5.41) is 13.0. The first-order chi connectivity index (χ1) is 10.2. The molecule has 1 N–H and O–H groups in total. The van der Waals surface area contributed by atoms with Gasteiger partial charge in [-0.15, -0.1) is 5.10 Å². The number of hydrazone groups is 1. The van der Waals surface area contributed by atoms with Crippen LogP contribution in [0.25, 0.3) is 0 Å². The van der Waals surface area contributed by atoms with E-state index < -0.39 is 0 Å². The summed E-state index contributed by atoms with van der Waals surface area (Å²) < 4.78 is 0. The monoisotopic (exact) mass is 366 g/mol. The Kier molecular flexibility index (Phi) is 6.29. The van der Waals surface area contributed by atoms with Crippen molar-refractivity contribution < 1.29 is 17.1 Å². The van der Waals surface area contributed by atoms with Crippen LogP contribution in [0.1, 0.15) is 38.3 Å². The number of hydrogen-bond donors (Lipinski definition) is 1. The summed E-state index contributed by atoms with van der Waals surface area (Å²) >= 11 is 5.51. The molecule has 2 saturated heterocycles. The van der Waals surface area contributed by atoms with E-state index in [-0.39, 0.29) is 17.1 Å². The molecule has 0 aromatic carbocycles. The standard InChI is InChI=1S/C15H21N5S.Cu/c1-11(14-3-2-8-16-18-14)17-19-15(21)20-9-12-4-5-13(10-20)7-6-12;/h2-3,8,12-13H,4-7,9-10H2,1H3,(H,19,21);/q;+1. The first kappa shape index (κ1) is 17.3. The zero-order valence-corrected chi connectivity index (χ0v) is 14.4. The minimum absolute atomic E-state index is 0. The van der Waals surface area contributed by atoms with Gasteiger partial charge in [-0.05, 0) is 68.8 Å². The fourth-order valence-corrected chi connectivity index (χ4v) is 3.41. The molecule has 0 radical (unpaired) electrons. The summed E-state index contributed by atoms with van der Waals surface area (Å²) in [4.78, 5) is 2.29. The summed E-state index contributed by atoms with van der Waals surface area (Å²) in [6.07, 6.45) is 7.07. The van der Waals surface area contributed by atoms with Crippen LogP contribution in [0.15, 0.2) is 23.4 Å². The smallest absolute Gasteiger partial charge is 0.347 e. The van der Waals surface area contributed by atoms with Crippen molar-refractivity contribution in [3.05, 3.63) is 24.0 Å². The van der Waals surface area contributed by atoms with E-state index in [2.05, 4.69) is 25.6 Å². The number of nitrogens with one attached hydrogen (secondary N) is 1. The van der Waals surface area contributed by atoms with Crippen molar-refractivity contribution in [3.8, 4) is 0 Å². The quantitative estimate of drug-likeness (QED) is 0.376. The maximum atomic E-state index is 5.51. The minimum Gasteiger partial charge on any atom is -0.347 e. The molecule has 7 heteroatoms. The molecule has 0 spiro atoms. The summed E-state index contributed by atoms with van der Waals surface area (Å²) in [7, 11) is 0. The predicted molar refractivity (Wildman–Crippen MR) is 87.0 cm³/mol. The van der Waals surface area contributed by atoms with Crippen molar-refractivity contribution in [2.45, 2.75) is 32.6 Å². The zero-order chi connectivity index (χ0) is 14.7. The molecule has 3 heterocycles. The Hall–Kier alpha value is -1.04. The Morgan fingerprint density at radius 2 is 1.91 bits per heavy atom. The predicted octanol–water partition coefficient (Wildman–Crippen LogP) is 2.19. The van der Waals surface area contributed by atoms with Gasteiger partial charge in [-0.25, -0.2) is 0 Å². The van der Waals surface area contributed by atoms with E-state index in [0.29, 0.717) is 0 Å². The largest absolute Gasteiger partial charge is 1.00 e.